The van der Waals surface area contributed by atoms with Gasteiger partial charge in [0.15, 0.2) is 0 Å². The smallest absolute Gasteiger partial charge is 0.0409 e. The molecular formula is C12H12ClNS. The van der Waals surface area contributed by atoms with Crippen LogP contribution in [-0.2, 0) is 6.54 Å². The lowest BCUT2D eigenvalue weighted by Crippen LogP contribution is -1.98. The van der Waals surface area contributed by atoms with E-state index in [1.807, 2.05) is 18.2 Å². The van der Waals surface area contributed by atoms with Crippen molar-refractivity contribution in [2.24, 2.45) is 5.73 Å². The monoisotopic (exact) mass is 237 g/mol. The van der Waals surface area contributed by atoms with Gasteiger partial charge in [-0.3, -0.25) is 0 Å². The molecular weight excluding hydrogens is 226 g/mol. The Hall–Kier alpha value is -0.830. The lowest BCUT2D eigenvalue weighted by atomic mass is 10.0. The van der Waals surface area contributed by atoms with Crippen molar-refractivity contribution >= 4 is 22.9 Å². The van der Waals surface area contributed by atoms with Crippen LogP contribution in [0.15, 0.2) is 29.6 Å². The molecule has 0 spiro atoms. The van der Waals surface area contributed by atoms with Crippen LogP contribution in [0.1, 0.15) is 10.4 Å². The van der Waals surface area contributed by atoms with Crippen molar-refractivity contribution in [2.75, 3.05) is 0 Å². The lowest BCUT2D eigenvalue weighted by Gasteiger charge is -2.07. The average Bonchev–Trinajstić information content (AvgIpc) is 2.64. The first-order valence-corrected chi connectivity index (χ1v) is 6.01. The molecule has 1 nitrogen and oxygen atoms in total. The van der Waals surface area contributed by atoms with Gasteiger partial charge in [-0.15, -0.1) is 11.3 Å². The molecule has 0 aliphatic carbocycles. The molecule has 0 unspecified atom stereocenters. The van der Waals surface area contributed by atoms with E-state index in [9.17, 15) is 0 Å². The lowest BCUT2D eigenvalue weighted by molar-refractivity contribution is 1.07. The fraction of sp³-hybridized carbons (Fsp3) is 0.167. The van der Waals surface area contributed by atoms with E-state index in [1.54, 1.807) is 11.3 Å². The highest BCUT2D eigenvalue weighted by Crippen LogP contribution is 2.31. The third-order valence-electron chi connectivity index (χ3n) is 2.44. The largest absolute Gasteiger partial charge is 0.326 e. The van der Waals surface area contributed by atoms with Crippen LogP contribution in [0.5, 0.6) is 0 Å². The second-order valence-electron chi connectivity index (χ2n) is 3.40. The number of hydrogen-bond donors (Lipinski definition) is 1. The quantitative estimate of drug-likeness (QED) is 0.844. The van der Waals surface area contributed by atoms with Crippen LogP contribution in [0, 0.1) is 6.92 Å². The maximum Gasteiger partial charge on any atom is 0.0409 e. The Bertz CT molecular complexity index is 476. The van der Waals surface area contributed by atoms with E-state index in [2.05, 4.69) is 18.4 Å². The first-order chi connectivity index (χ1) is 7.22. The van der Waals surface area contributed by atoms with Crippen molar-refractivity contribution in [1.29, 1.82) is 0 Å². The van der Waals surface area contributed by atoms with Gasteiger partial charge in [0.05, 0.1) is 0 Å². The number of benzene rings is 1. The van der Waals surface area contributed by atoms with E-state index in [-0.39, 0.29) is 0 Å². The third kappa shape index (κ3) is 2.07. The molecule has 2 aromatic rings. The summed E-state index contributed by atoms with van der Waals surface area (Å²) in [5.74, 6) is 0. The van der Waals surface area contributed by atoms with Crippen molar-refractivity contribution in [1.82, 2.24) is 0 Å². The number of hydrogen-bond acceptors (Lipinski definition) is 2. The zero-order valence-corrected chi connectivity index (χ0v) is 10.0. The topological polar surface area (TPSA) is 26.0 Å². The summed E-state index contributed by atoms with van der Waals surface area (Å²) in [5, 5.41) is 2.84. The minimum Gasteiger partial charge on any atom is -0.326 e. The highest BCUT2D eigenvalue weighted by atomic mass is 35.5. The minimum absolute atomic E-state index is 0.519. The van der Waals surface area contributed by atoms with Crippen molar-refractivity contribution in [3.8, 4) is 11.1 Å². The zero-order chi connectivity index (χ0) is 10.8. The number of halogens is 1. The molecule has 0 bridgehead atoms. The summed E-state index contributed by atoms with van der Waals surface area (Å²) < 4.78 is 0. The third-order valence-corrected chi connectivity index (χ3v) is 3.52. The van der Waals surface area contributed by atoms with Gasteiger partial charge in [0.2, 0.25) is 0 Å². The van der Waals surface area contributed by atoms with Crippen LogP contribution >= 0.6 is 22.9 Å². The number of aryl methyl sites for hydroxylation is 1. The highest BCUT2D eigenvalue weighted by molar-refractivity contribution is 7.10. The summed E-state index contributed by atoms with van der Waals surface area (Å²) in [6.07, 6.45) is 0. The van der Waals surface area contributed by atoms with Crippen LogP contribution in [0.3, 0.4) is 0 Å². The summed E-state index contributed by atoms with van der Waals surface area (Å²) in [5.41, 5.74) is 9.28. The summed E-state index contributed by atoms with van der Waals surface area (Å²) >= 11 is 7.69. The molecule has 0 aliphatic heterocycles. The maximum absolute atomic E-state index is 5.94. The molecule has 0 amide bonds. The SMILES string of the molecule is Cc1sccc1-c1ccc(Cl)cc1CN. The normalized spacial score (nSPS) is 10.6. The fourth-order valence-corrected chi connectivity index (χ4v) is 2.57. The van der Waals surface area contributed by atoms with Crippen LogP contribution in [-0.4, -0.2) is 0 Å². The van der Waals surface area contributed by atoms with E-state index in [4.69, 9.17) is 17.3 Å². The molecule has 2 N–H and O–H groups in total. The van der Waals surface area contributed by atoms with E-state index in [0.717, 1.165) is 10.6 Å². The standard InChI is InChI=1S/C12H12ClNS/c1-8-11(4-5-15-8)12-3-2-10(13)6-9(12)7-14/h2-6H,7,14H2,1H3. The van der Waals surface area contributed by atoms with Crippen molar-refractivity contribution in [3.05, 3.63) is 45.1 Å². The number of rotatable bonds is 2. The van der Waals surface area contributed by atoms with Gasteiger partial charge in [-0.25, -0.2) is 0 Å². The molecule has 1 aromatic heterocycles. The first kappa shape index (κ1) is 10.7. The highest BCUT2D eigenvalue weighted by Gasteiger charge is 2.07. The van der Waals surface area contributed by atoms with Gasteiger partial charge in [0, 0.05) is 16.4 Å². The maximum atomic E-state index is 5.94. The van der Waals surface area contributed by atoms with Gasteiger partial charge in [-0.05, 0) is 47.2 Å². The van der Waals surface area contributed by atoms with Crippen LogP contribution in [0.25, 0.3) is 11.1 Å². The van der Waals surface area contributed by atoms with Gasteiger partial charge in [0.1, 0.15) is 0 Å². The van der Waals surface area contributed by atoms with Crippen molar-refractivity contribution in [2.45, 2.75) is 13.5 Å². The van der Waals surface area contributed by atoms with Gasteiger partial charge < -0.3 is 5.73 Å². The predicted molar refractivity (Wildman–Crippen MR) is 67.4 cm³/mol. The molecule has 0 aliphatic rings. The van der Waals surface area contributed by atoms with E-state index in [1.165, 1.54) is 16.0 Å². The van der Waals surface area contributed by atoms with Crippen molar-refractivity contribution < 1.29 is 0 Å². The predicted octanol–water partition coefficient (Wildman–Crippen LogP) is 3.84. The summed E-state index contributed by atoms with van der Waals surface area (Å²) in [6.45, 7) is 2.64. The Balaban J connectivity index is 2.58. The number of thiophene rings is 1. The van der Waals surface area contributed by atoms with Gasteiger partial charge in [0.25, 0.3) is 0 Å². The van der Waals surface area contributed by atoms with Crippen molar-refractivity contribution in [3.63, 3.8) is 0 Å². The summed E-state index contributed by atoms with van der Waals surface area (Å²) in [6, 6.07) is 8.02. The van der Waals surface area contributed by atoms with E-state index >= 15 is 0 Å². The Labute approximate surface area is 98.5 Å². The molecule has 2 rings (SSSR count). The Morgan fingerprint density at radius 1 is 1.27 bits per heavy atom. The van der Waals surface area contributed by atoms with E-state index < -0.39 is 0 Å². The van der Waals surface area contributed by atoms with E-state index in [0.29, 0.717) is 6.54 Å². The van der Waals surface area contributed by atoms with Crippen LogP contribution in [0.2, 0.25) is 5.02 Å². The van der Waals surface area contributed by atoms with Crippen LogP contribution < -0.4 is 5.73 Å². The van der Waals surface area contributed by atoms with Gasteiger partial charge >= 0.3 is 0 Å². The van der Waals surface area contributed by atoms with Crippen LogP contribution in [0.4, 0.5) is 0 Å². The van der Waals surface area contributed by atoms with Gasteiger partial charge in [-0.2, -0.15) is 0 Å². The molecule has 78 valence electrons. The Morgan fingerprint density at radius 3 is 2.67 bits per heavy atom. The molecule has 0 saturated heterocycles. The minimum atomic E-state index is 0.519. The molecule has 0 fully saturated rings. The molecule has 1 aromatic carbocycles. The zero-order valence-electron chi connectivity index (χ0n) is 8.46. The fourth-order valence-electron chi connectivity index (χ4n) is 1.66. The molecule has 0 radical (unpaired) electrons. The molecule has 0 saturated carbocycles. The molecule has 3 heteroatoms. The second-order valence-corrected chi connectivity index (χ2v) is 4.95. The first-order valence-electron chi connectivity index (χ1n) is 4.75. The average molecular weight is 238 g/mol. The summed E-state index contributed by atoms with van der Waals surface area (Å²) in [4.78, 5) is 1.31. The molecule has 1 heterocycles. The Morgan fingerprint density at radius 2 is 2.07 bits per heavy atom. The second kappa shape index (κ2) is 4.35. The molecule has 0 atom stereocenters. The Kier molecular flexibility index (Phi) is 3.10. The molecule has 15 heavy (non-hydrogen) atoms. The summed E-state index contributed by atoms with van der Waals surface area (Å²) in [7, 11) is 0. The number of nitrogens with two attached hydrogens (primary N) is 1. The van der Waals surface area contributed by atoms with Gasteiger partial charge in [-0.1, -0.05) is 17.7 Å².